The molecule has 1 unspecified atom stereocenters. The highest BCUT2D eigenvalue weighted by atomic mass is 16.5. The maximum absolute atomic E-state index is 7.16. The molecule has 9 aromatic rings. The van der Waals surface area contributed by atoms with Crippen molar-refractivity contribution < 1.29 is 4.74 Å². The average molecular weight is 665 g/mol. The van der Waals surface area contributed by atoms with Crippen molar-refractivity contribution in [1.29, 1.82) is 0 Å². The van der Waals surface area contributed by atoms with Crippen LogP contribution in [0, 0.1) is 0 Å². The molecule has 2 aliphatic heterocycles. The fourth-order valence-electron chi connectivity index (χ4n) is 8.94. The van der Waals surface area contributed by atoms with Gasteiger partial charge in [-0.15, -0.1) is 0 Å². The molecule has 0 aliphatic carbocycles. The minimum atomic E-state index is -0.639. The van der Waals surface area contributed by atoms with E-state index in [1.165, 1.54) is 49.7 Å². The SMILES string of the molecule is c1ccc(-c2ccc(N(c3ccccc3)c3cccc4c3Oc3ccccc3C43c4ccccc4-n4c5ccccc5c5cccc3c54)cc2)cc1. The van der Waals surface area contributed by atoms with Crippen LogP contribution in [0.2, 0.25) is 0 Å². The van der Waals surface area contributed by atoms with Gasteiger partial charge in [-0.3, -0.25) is 0 Å². The summed E-state index contributed by atoms with van der Waals surface area (Å²) in [6.07, 6.45) is 0. The van der Waals surface area contributed by atoms with Gasteiger partial charge in [0.1, 0.15) is 5.75 Å². The Hall–Kier alpha value is -6.84. The molecule has 11 rings (SSSR count). The second kappa shape index (κ2) is 11.1. The number of ether oxygens (including phenoxy) is 1. The van der Waals surface area contributed by atoms with Crippen molar-refractivity contribution in [2.24, 2.45) is 0 Å². The maximum Gasteiger partial charge on any atom is 0.156 e. The van der Waals surface area contributed by atoms with Crippen LogP contribution in [0.25, 0.3) is 38.6 Å². The van der Waals surface area contributed by atoms with Crippen molar-refractivity contribution in [3.63, 3.8) is 0 Å². The van der Waals surface area contributed by atoms with Gasteiger partial charge >= 0.3 is 0 Å². The van der Waals surface area contributed by atoms with Gasteiger partial charge in [0.05, 0.1) is 27.8 Å². The van der Waals surface area contributed by atoms with Gasteiger partial charge in [0.25, 0.3) is 0 Å². The monoisotopic (exact) mass is 664 g/mol. The van der Waals surface area contributed by atoms with E-state index in [4.69, 9.17) is 4.74 Å². The molecule has 3 nitrogen and oxygen atoms in total. The molecule has 8 aromatic carbocycles. The molecule has 1 aromatic heterocycles. The zero-order valence-corrected chi connectivity index (χ0v) is 28.3. The Kier molecular flexibility index (Phi) is 6.17. The van der Waals surface area contributed by atoms with Gasteiger partial charge in [-0.05, 0) is 70.8 Å². The first-order valence-corrected chi connectivity index (χ1v) is 17.9. The molecular weight excluding hydrogens is 633 g/mol. The summed E-state index contributed by atoms with van der Waals surface area (Å²) in [4.78, 5) is 2.33. The maximum atomic E-state index is 7.16. The largest absolute Gasteiger partial charge is 0.454 e. The van der Waals surface area contributed by atoms with Crippen molar-refractivity contribution in [3.05, 3.63) is 216 Å². The molecule has 0 amide bonds. The van der Waals surface area contributed by atoms with Gasteiger partial charge in [-0.25, -0.2) is 0 Å². The van der Waals surface area contributed by atoms with E-state index in [9.17, 15) is 0 Å². The topological polar surface area (TPSA) is 17.4 Å². The molecule has 0 bridgehead atoms. The second-order valence-electron chi connectivity index (χ2n) is 13.7. The minimum absolute atomic E-state index is 0.639. The van der Waals surface area contributed by atoms with Gasteiger partial charge in [-0.2, -0.15) is 0 Å². The van der Waals surface area contributed by atoms with Crippen LogP contribution in [0.3, 0.4) is 0 Å². The van der Waals surface area contributed by atoms with Crippen LogP contribution in [0.4, 0.5) is 17.1 Å². The molecule has 3 heteroatoms. The first-order chi connectivity index (χ1) is 25.8. The van der Waals surface area contributed by atoms with Crippen molar-refractivity contribution in [3.8, 4) is 28.3 Å². The fourth-order valence-corrected chi connectivity index (χ4v) is 8.94. The number of hydrogen-bond acceptors (Lipinski definition) is 2. The van der Waals surface area contributed by atoms with E-state index in [-0.39, 0.29) is 0 Å². The summed E-state index contributed by atoms with van der Waals surface area (Å²) in [5.41, 5.74) is 13.3. The number of para-hydroxylation sites is 6. The van der Waals surface area contributed by atoms with Gasteiger partial charge in [-0.1, -0.05) is 146 Å². The number of rotatable bonds is 4. The Labute approximate surface area is 302 Å². The highest BCUT2D eigenvalue weighted by Crippen LogP contribution is 2.62. The van der Waals surface area contributed by atoms with Crippen molar-refractivity contribution in [2.75, 3.05) is 4.90 Å². The lowest BCUT2D eigenvalue weighted by atomic mass is 9.61. The van der Waals surface area contributed by atoms with Crippen LogP contribution in [0.15, 0.2) is 194 Å². The zero-order valence-electron chi connectivity index (χ0n) is 28.3. The minimum Gasteiger partial charge on any atom is -0.454 e. The van der Waals surface area contributed by atoms with Crippen LogP contribution >= 0.6 is 0 Å². The average Bonchev–Trinajstić information content (AvgIpc) is 3.56. The van der Waals surface area contributed by atoms with Gasteiger partial charge in [0.2, 0.25) is 0 Å². The third-order valence-corrected chi connectivity index (χ3v) is 11.0. The Morgan fingerprint density at radius 3 is 1.87 bits per heavy atom. The van der Waals surface area contributed by atoms with E-state index in [0.29, 0.717) is 0 Å². The lowest BCUT2D eigenvalue weighted by Gasteiger charge is -2.45. The Morgan fingerprint density at radius 1 is 0.423 bits per heavy atom. The van der Waals surface area contributed by atoms with Crippen molar-refractivity contribution >= 4 is 38.9 Å². The van der Waals surface area contributed by atoms with Gasteiger partial charge < -0.3 is 14.2 Å². The first kappa shape index (κ1) is 28.9. The molecule has 1 spiro atoms. The Balaban J connectivity index is 1.23. The lowest BCUT2D eigenvalue weighted by Crippen LogP contribution is -2.38. The second-order valence-corrected chi connectivity index (χ2v) is 13.7. The summed E-state index contributed by atoms with van der Waals surface area (Å²) in [5.74, 6) is 1.72. The van der Waals surface area contributed by atoms with Crippen LogP contribution in [0.5, 0.6) is 11.5 Å². The first-order valence-electron chi connectivity index (χ1n) is 17.9. The number of fused-ring (bicyclic) bond motifs is 11. The zero-order chi connectivity index (χ0) is 34.2. The molecule has 2 aliphatic rings. The third-order valence-electron chi connectivity index (χ3n) is 11.0. The van der Waals surface area contributed by atoms with Crippen LogP contribution in [0.1, 0.15) is 22.3 Å². The molecule has 52 heavy (non-hydrogen) atoms. The summed E-state index contributed by atoms with van der Waals surface area (Å²) < 4.78 is 9.64. The van der Waals surface area contributed by atoms with Gasteiger partial charge in [0.15, 0.2) is 5.75 Å². The summed E-state index contributed by atoms with van der Waals surface area (Å²) >= 11 is 0. The Morgan fingerprint density at radius 2 is 1.02 bits per heavy atom. The third kappa shape index (κ3) is 3.91. The normalized spacial score (nSPS) is 15.2. The molecule has 0 N–H and O–H groups in total. The molecular formula is C49H32N2O. The number of nitrogens with zero attached hydrogens (tertiary/aromatic N) is 2. The fraction of sp³-hybridized carbons (Fsp3) is 0.0204. The quantitative estimate of drug-likeness (QED) is 0.186. The molecule has 0 saturated carbocycles. The van der Waals surface area contributed by atoms with Crippen molar-refractivity contribution in [2.45, 2.75) is 5.41 Å². The highest BCUT2D eigenvalue weighted by molar-refractivity contribution is 6.12. The van der Waals surface area contributed by atoms with E-state index < -0.39 is 5.41 Å². The van der Waals surface area contributed by atoms with E-state index in [1.807, 2.05) is 0 Å². The number of anilines is 3. The summed E-state index contributed by atoms with van der Waals surface area (Å²) in [6.45, 7) is 0. The van der Waals surface area contributed by atoms with Crippen LogP contribution in [-0.2, 0) is 5.41 Å². The van der Waals surface area contributed by atoms with E-state index >= 15 is 0 Å². The van der Waals surface area contributed by atoms with Crippen LogP contribution in [-0.4, -0.2) is 4.57 Å². The molecule has 0 saturated heterocycles. The van der Waals surface area contributed by atoms with E-state index in [2.05, 4.69) is 204 Å². The van der Waals surface area contributed by atoms with Crippen molar-refractivity contribution in [1.82, 2.24) is 4.57 Å². The molecule has 1 atom stereocenters. The molecule has 3 heterocycles. The lowest BCUT2D eigenvalue weighted by molar-refractivity contribution is 0.435. The summed E-state index contributed by atoms with van der Waals surface area (Å²) in [5, 5.41) is 2.52. The Bertz CT molecular complexity index is 2820. The van der Waals surface area contributed by atoms with Crippen LogP contribution < -0.4 is 9.64 Å². The number of aromatic nitrogens is 1. The smallest absolute Gasteiger partial charge is 0.156 e. The molecule has 244 valence electrons. The summed E-state index contributed by atoms with van der Waals surface area (Å²) in [6, 6.07) is 69.9. The van der Waals surface area contributed by atoms with E-state index in [1.54, 1.807) is 0 Å². The number of hydrogen-bond donors (Lipinski definition) is 0. The molecule has 0 fully saturated rings. The summed E-state index contributed by atoms with van der Waals surface area (Å²) in [7, 11) is 0. The van der Waals surface area contributed by atoms with Gasteiger partial charge in [0, 0.05) is 33.3 Å². The molecule has 0 radical (unpaired) electrons. The predicted octanol–water partition coefficient (Wildman–Crippen LogP) is 12.7. The number of benzene rings is 8. The van der Waals surface area contributed by atoms with E-state index in [0.717, 1.165) is 39.7 Å². The predicted molar refractivity (Wildman–Crippen MR) is 213 cm³/mol. The highest BCUT2D eigenvalue weighted by Gasteiger charge is 2.51. The standard InChI is InChI=1S/C49H32N2O/c1-3-15-33(16-4-1)34-29-31-36(32-30-34)50(35-17-5-2-6-18-35)45-27-14-24-42-48(45)52-46-28-12-9-22-40(46)49(42)39-21-8-11-26-44(39)51-43-25-10-7-19-37(43)38-20-13-23-41(49)47(38)51/h1-32H.